The highest BCUT2D eigenvalue weighted by atomic mass is 15.2. The van der Waals surface area contributed by atoms with Crippen LogP contribution in [0.1, 0.15) is 86.6 Å². The molecular weight excluding hydrogens is 418 g/mol. The first-order chi connectivity index (χ1) is 16.7. The highest BCUT2D eigenvalue weighted by Crippen LogP contribution is 2.41. The molecule has 34 heavy (non-hydrogen) atoms. The average molecular weight is 456 g/mol. The largest absolute Gasteiger partial charge is 0.368 e. The van der Waals surface area contributed by atoms with Gasteiger partial charge in [0.1, 0.15) is 0 Å². The van der Waals surface area contributed by atoms with Gasteiger partial charge in [-0.3, -0.25) is 0 Å². The van der Waals surface area contributed by atoms with Crippen molar-refractivity contribution in [3.8, 4) is 6.07 Å². The monoisotopic (exact) mass is 455 g/mol. The van der Waals surface area contributed by atoms with E-state index >= 15 is 0 Å². The topological polar surface area (TPSA) is 67.7 Å². The molecule has 2 aliphatic heterocycles. The number of fused-ring (bicyclic) bond motifs is 1. The molecule has 2 fully saturated rings. The Morgan fingerprint density at radius 2 is 1.94 bits per heavy atom. The van der Waals surface area contributed by atoms with Gasteiger partial charge in [0.05, 0.1) is 28.7 Å². The Balaban J connectivity index is 1.47. The fourth-order valence-corrected chi connectivity index (χ4v) is 5.53. The Morgan fingerprint density at radius 3 is 2.56 bits per heavy atom. The number of allylic oxidation sites excluding steroid dienone is 3. The third-order valence-electron chi connectivity index (χ3n) is 8.03. The number of hydrogen-bond donors (Lipinski definition) is 2. The molecule has 0 amide bonds. The SMILES string of the molecule is CC/C(C)=C\C(=C(\c1nc2c([nH]1)CNCC2)N1CCC(c2ccc(C#N)cc2)CC1)C1CCC1. The van der Waals surface area contributed by atoms with E-state index in [1.165, 1.54) is 53.1 Å². The van der Waals surface area contributed by atoms with Gasteiger partial charge in [-0.15, -0.1) is 0 Å². The highest BCUT2D eigenvalue weighted by Gasteiger charge is 2.31. The minimum absolute atomic E-state index is 0.555. The Bertz CT molecular complexity index is 1080. The summed E-state index contributed by atoms with van der Waals surface area (Å²) in [7, 11) is 0. The molecule has 3 heterocycles. The first-order valence-electron chi connectivity index (χ1n) is 13.1. The molecule has 2 N–H and O–H groups in total. The van der Waals surface area contributed by atoms with Crippen molar-refractivity contribution in [1.82, 2.24) is 20.2 Å². The number of aromatic amines is 1. The molecule has 0 unspecified atom stereocenters. The number of imidazole rings is 1. The zero-order valence-corrected chi connectivity index (χ0v) is 20.7. The van der Waals surface area contributed by atoms with Crippen LogP contribution in [0.15, 0.2) is 41.5 Å². The van der Waals surface area contributed by atoms with Gasteiger partial charge < -0.3 is 15.2 Å². The van der Waals surface area contributed by atoms with E-state index in [1.54, 1.807) is 0 Å². The number of nitriles is 1. The molecule has 3 aliphatic rings. The number of rotatable bonds is 6. The summed E-state index contributed by atoms with van der Waals surface area (Å²) in [4.78, 5) is 11.5. The van der Waals surface area contributed by atoms with Gasteiger partial charge >= 0.3 is 0 Å². The minimum Gasteiger partial charge on any atom is -0.368 e. The minimum atomic E-state index is 0.555. The number of likely N-dealkylation sites (tertiary alicyclic amines) is 1. The summed E-state index contributed by atoms with van der Waals surface area (Å²) in [5.41, 5.74) is 8.91. The molecule has 1 saturated heterocycles. The normalized spacial score (nSPS) is 20.4. The zero-order valence-electron chi connectivity index (χ0n) is 20.7. The number of benzene rings is 1. The summed E-state index contributed by atoms with van der Waals surface area (Å²) in [6, 6.07) is 10.5. The summed E-state index contributed by atoms with van der Waals surface area (Å²) in [5, 5.41) is 12.6. The van der Waals surface area contributed by atoms with E-state index in [4.69, 9.17) is 10.2 Å². The van der Waals surface area contributed by atoms with Gasteiger partial charge in [-0.25, -0.2) is 4.98 Å². The lowest BCUT2D eigenvalue weighted by Crippen LogP contribution is -2.34. The standard InChI is InChI=1S/C29H37N5/c1-3-20(2)17-25(24-5-4-6-24)28(29-32-26-11-14-31-19-27(26)33-29)34-15-12-23(13-16-34)22-9-7-21(18-30)8-10-22/h7-10,17,23-24,31H,3-6,11-16,19H2,1-2H3,(H,32,33)/b20-17-,28-25+. The quantitative estimate of drug-likeness (QED) is 0.550. The van der Waals surface area contributed by atoms with Crippen LogP contribution in [0.5, 0.6) is 0 Å². The van der Waals surface area contributed by atoms with Crippen LogP contribution >= 0.6 is 0 Å². The third-order valence-corrected chi connectivity index (χ3v) is 8.03. The second-order valence-corrected chi connectivity index (χ2v) is 10.2. The van der Waals surface area contributed by atoms with Crippen LogP contribution in [0.2, 0.25) is 0 Å². The predicted octanol–water partition coefficient (Wildman–Crippen LogP) is 5.67. The molecule has 1 aromatic carbocycles. The highest BCUT2D eigenvalue weighted by molar-refractivity contribution is 5.67. The van der Waals surface area contributed by atoms with Crippen molar-refractivity contribution in [1.29, 1.82) is 5.26 Å². The summed E-state index contributed by atoms with van der Waals surface area (Å²) >= 11 is 0. The first kappa shape index (κ1) is 22.9. The number of nitrogens with zero attached hydrogens (tertiary/aromatic N) is 3. The predicted molar refractivity (Wildman–Crippen MR) is 137 cm³/mol. The van der Waals surface area contributed by atoms with E-state index in [9.17, 15) is 0 Å². The Kier molecular flexibility index (Phi) is 6.87. The Hall–Kier alpha value is -2.84. The molecule has 5 nitrogen and oxygen atoms in total. The van der Waals surface area contributed by atoms with Crippen molar-refractivity contribution in [2.24, 2.45) is 5.92 Å². The van der Waals surface area contributed by atoms with Gasteiger partial charge in [0, 0.05) is 32.6 Å². The van der Waals surface area contributed by atoms with Crippen molar-refractivity contribution < 1.29 is 0 Å². The van der Waals surface area contributed by atoms with E-state index < -0.39 is 0 Å². The third kappa shape index (κ3) is 4.70. The van der Waals surface area contributed by atoms with Gasteiger partial charge in [-0.2, -0.15) is 5.26 Å². The zero-order chi connectivity index (χ0) is 23.5. The molecule has 1 saturated carbocycles. The van der Waals surface area contributed by atoms with Crippen LogP contribution in [0.4, 0.5) is 0 Å². The maximum absolute atomic E-state index is 9.13. The molecule has 0 spiro atoms. The molecule has 1 aromatic heterocycles. The van der Waals surface area contributed by atoms with Crippen molar-refractivity contribution in [3.63, 3.8) is 0 Å². The summed E-state index contributed by atoms with van der Waals surface area (Å²) < 4.78 is 0. The van der Waals surface area contributed by atoms with Gasteiger partial charge in [0.2, 0.25) is 0 Å². The van der Waals surface area contributed by atoms with Crippen molar-refractivity contribution in [2.75, 3.05) is 19.6 Å². The summed E-state index contributed by atoms with van der Waals surface area (Å²) in [5.74, 6) is 2.28. The molecule has 5 rings (SSSR count). The molecule has 2 aromatic rings. The lowest BCUT2D eigenvalue weighted by atomic mass is 9.77. The smallest absolute Gasteiger partial charge is 0.154 e. The number of nitrogens with one attached hydrogen (secondary N) is 2. The van der Waals surface area contributed by atoms with E-state index in [-0.39, 0.29) is 0 Å². The van der Waals surface area contributed by atoms with Crippen LogP contribution in [0.25, 0.3) is 5.70 Å². The lowest BCUT2D eigenvalue weighted by Gasteiger charge is -2.38. The van der Waals surface area contributed by atoms with E-state index in [1.807, 2.05) is 12.1 Å². The molecular formula is C29H37N5. The first-order valence-corrected chi connectivity index (χ1v) is 13.1. The molecule has 5 heteroatoms. The Labute approximate surface area is 204 Å². The van der Waals surface area contributed by atoms with E-state index in [2.05, 4.69) is 53.3 Å². The number of piperidine rings is 1. The van der Waals surface area contributed by atoms with Crippen LogP contribution < -0.4 is 5.32 Å². The lowest BCUT2D eigenvalue weighted by molar-refractivity contribution is 0.290. The fourth-order valence-electron chi connectivity index (χ4n) is 5.53. The summed E-state index contributed by atoms with van der Waals surface area (Å²) in [6.07, 6.45) is 10.7. The maximum Gasteiger partial charge on any atom is 0.154 e. The van der Waals surface area contributed by atoms with E-state index in [0.717, 1.165) is 63.3 Å². The van der Waals surface area contributed by atoms with Crippen molar-refractivity contribution in [3.05, 3.63) is 69.8 Å². The van der Waals surface area contributed by atoms with Gasteiger partial charge in [-0.1, -0.05) is 37.1 Å². The van der Waals surface area contributed by atoms with Gasteiger partial charge in [-0.05, 0) is 74.1 Å². The molecule has 0 radical (unpaired) electrons. The molecule has 1 aliphatic carbocycles. The van der Waals surface area contributed by atoms with Gasteiger partial charge in [0.25, 0.3) is 0 Å². The van der Waals surface area contributed by atoms with Crippen LogP contribution in [-0.4, -0.2) is 34.5 Å². The second-order valence-electron chi connectivity index (χ2n) is 10.2. The van der Waals surface area contributed by atoms with Gasteiger partial charge in [0.15, 0.2) is 5.82 Å². The second kappa shape index (κ2) is 10.2. The molecule has 178 valence electrons. The van der Waals surface area contributed by atoms with Crippen LogP contribution in [0.3, 0.4) is 0 Å². The van der Waals surface area contributed by atoms with E-state index in [0.29, 0.717) is 11.8 Å². The number of hydrogen-bond acceptors (Lipinski definition) is 4. The van der Waals surface area contributed by atoms with Crippen molar-refractivity contribution >= 4 is 5.70 Å². The number of H-pyrrole nitrogens is 1. The molecule has 0 bridgehead atoms. The summed E-state index contributed by atoms with van der Waals surface area (Å²) in [6.45, 7) is 8.50. The average Bonchev–Trinajstić information content (AvgIpc) is 3.27. The van der Waals surface area contributed by atoms with Crippen LogP contribution in [-0.2, 0) is 13.0 Å². The maximum atomic E-state index is 9.13. The molecule has 0 atom stereocenters. The fraction of sp³-hybridized carbons (Fsp3) is 0.517. The Morgan fingerprint density at radius 1 is 1.18 bits per heavy atom. The number of aromatic nitrogens is 2. The van der Waals surface area contributed by atoms with Crippen LogP contribution in [0, 0.1) is 17.2 Å². The van der Waals surface area contributed by atoms with Crippen molar-refractivity contribution in [2.45, 2.75) is 71.3 Å².